The van der Waals surface area contributed by atoms with E-state index in [9.17, 15) is 9.59 Å². The third-order valence-corrected chi connectivity index (χ3v) is 4.54. The number of benzene rings is 2. The molecule has 0 aromatic heterocycles. The van der Waals surface area contributed by atoms with Gasteiger partial charge in [0.05, 0.1) is 0 Å². The zero-order chi connectivity index (χ0) is 20.9. The average molecular weight is 396 g/mol. The van der Waals surface area contributed by atoms with Gasteiger partial charge in [0.25, 0.3) is 5.91 Å². The fraction of sp³-hybridized carbons (Fsp3) is 0.391. The lowest BCUT2D eigenvalue weighted by Gasteiger charge is -2.32. The predicted molar refractivity (Wildman–Crippen MR) is 111 cm³/mol. The van der Waals surface area contributed by atoms with Crippen molar-refractivity contribution in [3.63, 3.8) is 0 Å². The molecule has 0 bridgehead atoms. The molecule has 1 heterocycles. The van der Waals surface area contributed by atoms with E-state index in [2.05, 4.69) is 5.32 Å². The standard InChI is InChI=1S/C23H28N2O4/c1-23(2,3)24-22(27)29-19-12-14-25(15-13-19)21(26)17-8-7-11-20(16-17)28-18-9-5-4-6-10-18/h4-11,16,19H,12-15H2,1-3H3,(H,24,27). The molecule has 2 aromatic rings. The van der Waals surface area contributed by atoms with Crippen molar-refractivity contribution >= 4 is 12.0 Å². The average Bonchev–Trinajstić information content (AvgIpc) is 2.67. The first-order valence-corrected chi connectivity index (χ1v) is 9.91. The summed E-state index contributed by atoms with van der Waals surface area (Å²) in [7, 11) is 0. The van der Waals surface area contributed by atoms with Gasteiger partial charge in [-0.25, -0.2) is 4.79 Å². The second-order valence-electron chi connectivity index (χ2n) is 8.21. The topological polar surface area (TPSA) is 67.9 Å². The molecule has 1 N–H and O–H groups in total. The van der Waals surface area contributed by atoms with Crippen LogP contribution in [0.4, 0.5) is 4.79 Å². The van der Waals surface area contributed by atoms with Crippen LogP contribution < -0.4 is 10.1 Å². The number of nitrogens with zero attached hydrogens (tertiary/aromatic N) is 1. The summed E-state index contributed by atoms with van der Waals surface area (Å²) in [5.41, 5.74) is 0.254. The maximum Gasteiger partial charge on any atom is 0.407 e. The first kappa shape index (κ1) is 20.7. The molecule has 1 fully saturated rings. The Kier molecular flexibility index (Phi) is 6.42. The van der Waals surface area contributed by atoms with Gasteiger partial charge < -0.3 is 19.7 Å². The van der Waals surface area contributed by atoms with Crippen LogP contribution in [0, 0.1) is 0 Å². The number of likely N-dealkylation sites (tertiary alicyclic amines) is 1. The third kappa shape index (κ3) is 6.24. The molecule has 0 spiro atoms. The molecule has 0 atom stereocenters. The van der Waals surface area contributed by atoms with Crippen molar-refractivity contribution in [3.8, 4) is 11.5 Å². The van der Waals surface area contributed by atoms with E-state index in [4.69, 9.17) is 9.47 Å². The van der Waals surface area contributed by atoms with Crippen molar-refractivity contribution in [2.45, 2.75) is 45.3 Å². The first-order valence-electron chi connectivity index (χ1n) is 9.91. The summed E-state index contributed by atoms with van der Waals surface area (Å²) in [5, 5.41) is 2.80. The maximum atomic E-state index is 12.9. The minimum atomic E-state index is -0.409. The van der Waals surface area contributed by atoms with E-state index in [-0.39, 0.29) is 17.6 Å². The number of hydrogen-bond acceptors (Lipinski definition) is 4. The molecule has 6 nitrogen and oxygen atoms in total. The smallest absolute Gasteiger partial charge is 0.407 e. The van der Waals surface area contributed by atoms with Gasteiger partial charge in [-0.2, -0.15) is 0 Å². The minimum absolute atomic E-state index is 0.0406. The fourth-order valence-electron chi connectivity index (χ4n) is 3.16. The highest BCUT2D eigenvalue weighted by Crippen LogP contribution is 2.23. The molecule has 0 radical (unpaired) electrons. The van der Waals surface area contributed by atoms with Crippen LogP contribution in [0.1, 0.15) is 44.0 Å². The number of hydrogen-bond donors (Lipinski definition) is 1. The number of para-hydroxylation sites is 1. The van der Waals surface area contributed by atoms with Crippen LogP contribution >= 0.6 is 0 Å². The number of piperidine rings is 1. The Morgan fingerprint density at radius 2 is 1.62 bits per heavy atom. The van der Waals surface area contributed by atoms with Crippen molar-refractivity contribution in [2.24, 2.45) is 0 Å². The highest BCUT2D eigenvalue weighted by molar-refractivity contribution is 5.94. The Bertz CT molecular complexity index is 837. The van der Waals surface area contributed by atoms with Gasteiger partial charge in [0.15, 0.2) is 0 Å². The summed E-state index contributed by atoms with van der Waals surface area (Å²) < 4.78 is 11.3. The molecular formula is C23H28N2O4. The fourth-order valence-corrected chi connectivity index (χ4v) is 3.16. The largest absolute Gasteiger partial charge is 0.457 e. The monoisotopic (exact) mass is 396 g/mol. The second kappa shape index (κ2) is 8.99. The molecule has 0 saturated carbocycles. The van der Waals surface area contributed by atoms with Crippen molar-refractivity contribution in [1.29, 1.82) is 0 Å². The van der Waals surface area contributed by atoms with Crippen LogP contribution in [0.2, 0.25) is 0 Å². The first-order chi connectivity index (χ1) is 13.8. The van der Waals surface area contributed by atoms with Crippen LogP contribution in [-0.2, 0) is 4.74 Å². The number of amides is 2. The highest BCUT2D eigenvalue weighted by Gasteiger charge is 2.27. The molecule has 1 saturated heterocycles. The maximum absolute atomic E-state index is 12.9. The van der Waals surface area contributed by atoms with Gasteiger partial charge >= 0.3 is 6.09 Å². The third-order valence-electron chi connectivity index (χ3n) is 4.54. The summed E-state index contributed by atoms with van der Waals surface area (Å²) in [4.78, 5) is 26.6. The zero-order valence-electron chi connectivity index (χ0n) is 17.2. The van der Waals surface area contributed by atoms with Gasteiger partial charge in [0, 0.05) is 37.0 Å². The molecule has 1 aliphatic heterocycles. The molecule has 0 aliphatic carbocycles. The van der Waals surface area contributed by atoms with Crippen LogP contribution in [0.25, 0.3) is 0 Å². The Labute approximate surface area is 171 Å². The molecule has 2 aromatic carbocycles. The van der Waals surface area contributed by atoms with Crippen LogP contribution in [0.5, 0.6) is 11.5 Å². The number of nitrogens with one attached hydrogen (secondary N) is 1. The van der Waals surface area contributed by atoms with Gasteiger partial charge in [-0.3, -0.25) is 4.79 Å². The van der Waals surface area contributed by atoms with E-state index in [0.29, 0.717) is 37.2 Å². The predicted octanol–water partition coefficient (Wildman–Crippen LogP) is 4.61. The van der Waals surface area contributed by atoms with E-state index >= 15 is 0 Å². The van der Waals surface area contributed by atoms with Gasteiger partial charge in [0.1, 0.15) is 17.6 Å². The molecule has 0 unspecified atom stereocenters. The lowest BCUT2D eigenvalue weighted by molar-refractivity contribution is 0.0404. The molecule has 29 heavy (non-hydrogen) atoms. The summed E-state index contributed by atoms with van der Waals surface area (Å²) in [5.74, 6) is 1.31. The molecule has 2 amide bonds. The van der Waals surface area contributed by atoms with Gasteiger partial charge in [-0.15, -0.1) is 0 Å². The summed E-state index contributed by atoms with van der Waals surface area (Å²) >= 11 is 0. The lowest BCUT2D eigenvalue weighted by Crippen LogP contribution is -2.45. The van der Waals surface area contributed by atoms with Crippen molar-refractivity contribution < 1.29 is 19.1 Å². The summed E-state index contributed by atoms with van der Waals surface area (Å²) in [6.07, 6.45) is 0.676. The zero-order valence-corrected chi connectivity index (χ0v) is 17.2. The number of alkyl carbamates (subject to hydrolysis) is 1. The van der Waals surface area contributed by atoms with Gasteiger partial charge in [-0.1, -0.05) is 24.3 Å². The Hall–Kier alpha value is -3.02. The van der Waals surface area contributed by atoms with Crippen LogP contribution in [0.3, 0.4) is 0 Å². The lowest BCUT2D eigenvalue weighted by atomic mass is 10.1. The molecule has 6 heteroatoms. The van der Waals surface area contributed by atoms with E-state index in [0.717, 1.165) is 5.75 Å². The quantitative estimate of drug-likeness (QED) is 0.820. The second-order valence-corrected chi connectivity index (χ2v) is 8.21. The molecule has 154 valence electrons. The summed E-state index contributed by atoms with van der Waals surface area (Å²) in [6, 6.07) is 16.7. The van der Waals surface area contributed by atoms with E-state index in [1.165, 1.54) is 0 Å². The molecule has 3 rings (SSSR count). The number of ether oxygens (including phenoxy) is 2. The Balaban J connectivity index is 1.54. The SMILES string of the molecule is CC(C)(C)NC(=O)OC1CCN(C(=O)c2cccc(Oc3ccccc3)c2)CC1. The number of rotatable bonds is 4. The van der Waals surface area contributed by atoms with Crippen LogP contribution in [0.15, 0.2) is 54.6 Å². The number of carbonyl (C=O) groups is 2. The van der Waals surface area contributed by atoms with E-state index < -0.39 is 6.09 Å². The van der Waals surface area contributed by atoms with E-state index in [1.807, 2.05) is 63.2 Å². The van der Waals surface area contributed by atoms with Crippen molar-refractivity contribution in [3.05, 3.63) is 60.2 Å². The number of carbonyl (C=O) groups excluding carboxylic acids is 2. The summed E-state index contributed by atoms with van der Waals surface area (Å²) in [6.45, 7) is 6.83. The molecule has 1 aliphatic rings. The van der Waals surface area contributed by atoms with Crippen molar-refractivity contribution in [2.75, 3.05) is 13.1 Å². The van der Waals surface area contributed by atoms with Gasteiger partial charge in [0.2, 0.25) is 0 Å². The Morgan fingerprint density at radius 3 is 2.28 bits per heavy atom. The van der Waals surface area contributed by atoms with Crippen molar-refractivity contribution in [1.82, 2.24) is 10.2 Å². The van der Waals surface area contributed by atoms with Gasteiger partial charge in [-0.05, 0) is 51.1 Å². The van der Waals surface area contributed by atoms with E-state index in [1.54, 1.807) is 17.0 Å². The van der Waals surface area contributed by atoms with Crippen LogP contribution in [-0.4, -0.2) is 41.6 Å². The Morgan fingerprint density at radius 1 is 0.966 bits per heavy atom. The molecular weight excluding hydrogens is 368 g/mol. The normalized spacial score (nSPS) is 14.9. The highest BCUT2D eigenvalue weighted by atomic mass is 16.6. The minimum Gasteiger partial charge on any atom is -0.457 e.